The standard InChI is InChI=1S/C17H24N2O/c1-4-7-16(20-3)17(18-5-2)14-9-10-15-13(12-14)8-6-11-19-15/h6,8-12,16-18H,4-5,7H2,1-3H3. The fourth-order valence-electron chi connectivity index (χ4n) is 2.68. The van der Waals surface area contributed by atoms with Gasteiger partial charge in [0.2, 0.25) is 0 Å². The van der Waals surface area contributed by atoms with Crippen LogP contribution in [0, 0.1) is 0 Å². The predicted octanol–water partition coefficient (Wildman–Crippen LogP) is 3.70. The number of hydrogen-bond acceptors (Lipinski definition) is 3. The Morgan fingerprint density at radius 2 is 2.10 bits per heavy atom. The third-order valence-corrected chi connectivity index (χ3v) is 3.66. The molecular weight excluding hydrogens is 248 g/mol. The Morgan fingerprint density at radius 3 is 2.80 bits per heavy atom. The van der Waals surface area contributed by atoms with Crippen LogP contribution >= 0.6 is 0 Å². The van der Waals surface area contributed by atoms with Gasteiger partial charge in [0.05, 0.1) is 17.7 Å². The average Bonchev–Trinajstić information content (AvgIpc) is 2.50. The molecule has 1 N–H and O–H groups in total. The number of likely N-dealkylation sites (N-methyl/N-ethyl adjacent to an activating group) is 1. The van der Waals surface area contributed by atoms with Crippen LogP contribution in [0.4, 0.5) is 0 Å². The van der Waals surface area contributed by atoms with E-state index in [0.717, 1.165) is 24.9 Å². The fraction of sp³-hybridized carbons (Fsp3) is 0.471. The van der Waals surface area contributed by atoms with E-state index in [1.54, 1.807) is 7.11 Å². The van der Waals surface area contributed by atoms with Crippen molar-refractivity contribution in [2.24, 2.45) is 0 Å². The second-order valence-electron chi connectivity index (χ2n) is 5.05. The Balaban J connectivity index is 2.34. The molecule has 20 heavy (non-hydrogen) atoms. The minimum absolute atomic E-state index is 0.203. The summed E-state index contributed by atoms with van der Waals surface area (Å²) >= 11 is 0. The predicted molar refractivity (Wildman–Crippen MR) is 83.9 cm³/mol. The summed E-state index contributed by atoms with van der Waals surface area (Å²) in [6, 6.07) is 10.8. The lowest BCUT2D eigenvalue weighted by Crippen LogP contribution is -2.33. The van der Waals surface area contributed by atoms with Crippen molar-refractivity contribution in [1.82, 2.24) is 10.3 Å². The number of nitrogens with zero attached hydrogens (tertiary/aromatic N) is 1. The minimum atomic E-state index is 0.203. The van der Waals surface area contributed by atoms with Gasteiger partial charge in [-0.3, -0.25) is 4.98 Å². The molecule has 2 unspecified atom stereocenters. The second-order valence-corrected chi connectivity index (χ2v) is 5.05. The molecule has 1 aromatic heterocycles. The highest BCUT2D eigenvalue weighted by Crippen LogP contribution is 2.25. The molecule has 0 aliphatic carbocycles. The van der Waals surface area contributed by atoms with E-state index in [4.69, 9.17) is 4.74 Å². The lowest BCUT2D eigenvalue weighted by molar-refractivity contribution is 0.0611. The normalized spacial score (nSPS) is 14.3. The van der Waals surface area contributed by atoms with Gasteiger partial charge in [0.1, 0.15) is 0 Å². The van der Waals surface area contributed by atoms with E-state index in [2.05, 4.69) is 48.4 Å². The van der Waals surface area contributed by atoms with Crippen LogP contribution in [0.1, 0.15) is 38.3 Å². The molecular formula is C17H24N2O. The number of ether oxygens (including phenoxy) is 1. The number of benzene rings is 1. The highest BCUT2D eigenvalue weighted by Gasteiger charge is 2.21. The zero-order valence-electron chi connectivity index (χ0n) is 12.6. The zero-order chi connectivity index (χ0) is 14.4. The number of aromatic nitrogens is 1. The Morgan fingerprint density at radius 1 is 1.25 bits per heavy atom. The molecule has 0 saturated heterocycles. The Hall–Kier alpha value is -1.45. The summed E-state index contributed by atoms with van der Waals surface area (Å²) < 4.78 is 5.69. The van der Waals surface area contributed by atoms with E-state index in [0.29, 0.717) is 0 Å². The van der Waals surface area contributed by atoms with Gasteiger partial charge in [-0.15, -0.1) is 0 Å². The van der Waals surface area contributed by atoms with Gasteiger partial charge in [0.25, 0.3) is 0 Å². The maximum atomic E-state index is 5.69. The molecule has 0 amide bonds. The first-order valence-corrected chi connectivity index (χ1v) is 7.41. The topological polar surface area (TPSA) is 34.1 Å². The molecule has 0 saturated carbocycles. The van der Waals surface area contributed by atoms with Gasteiger partial charge < -0.3 is 10.1 Å². The van der Waals surface area contributed by atoms with E-state index < -0.39 is 0 Å². The SMILES string of the molecule is CCCC(OC)C(NCC)c1ccc2ncccc2c1. The summed E-state index contributed by atoms with van der Waals surface area (Å²) in [5.74, 6) is 0. The van der Waals surface area contributed by atoms with Crippen molar-refractivity contribution in [3.8, 4) is 0 Å². The van der Waals surface area contributed by atoms with Crippen LogP contribution in [0.15, 0.2) is 36.5 Å². The van der Waals surface area contributed by atoms with Crippen molar-refractivity contribution in [3.63, 3.8) is 0 Å². The number of nitrogens with one attached hydrogen (secondary N) is 1. The zero-order valence-corrected chi connectivity index (χ0v) is 12.6. The molecule has 1 aromatic carbocycles. The van der Waals surface area contributed by atoms with E-state index in [9.17, 15) is 0 Å². The molecule has 0 fully saturated rings. The van der Waals surface area contributed by atoms with Crippen LogP contribution < -0.4 is 5.32 Å². The van der Waals surface area contributed by atoms with Gasteiger partial charge in [0, 0.05) is 18.7 Å². The number of fused-ring (bicyclic) bond motifs is 1. The van der Waals surface area contributed by atoms with Gasteiger partial charge >= 0.3 is 0 Å². The van der Waals surface area contributed by atoms with Crippen LogP contribution in [0.25, 0.3) is 10.9 Å². The van der Waals surface area contributed by atoms with Crippen molar-refractivity contribution < 1.29 is 4.74 Å². The molecule has 0 spiro atoms. The highest BCUT2D eigenvalue weighted by atomic mass is 16.5. The molecule has 0 aliphatic rings. The first-order chi connectivity index (χ1) is 9.80. The largest absolute Gasteiger partial charge is 0.379 e. The van der Waals surface area contributed by atoms with Crippen LogP contribution in [-0.4, -0.2) is 24.7 Å². The molecule has 1 heterocycles. The summed E-state index contributed by atoms with van der Waals surface area (Å²) in [7, 11) is 1.80. The Bertz CT molecular complexity index is 541. The Labute approximate surface area is 121 Å². The summed E-state index contributed by atoms with van der Waals surface area (Å²) in [6.45, 7) is 5.26. The average molecular weight is 272 g/mol. The number of methoxy groups -OCH3 is 1. The van der Waals surface area contributed by atoms with Crippen molar-refractivity contribution in [2.45, 2.75) is 38.8 Å². The van der Waals surface area contributed by atoms with Gasteiger partial charge in [-0.1, -0.05) is 32.4 Å². The molecule has 0 bridgehead atoms. The smallest absolute Gasteiger partial charge is 0.0765 e. The molecule has 2 atom stereocenters. The van der Waals surface area contributed by atoms with Crippen molar-refractivity contribution in [3.05, 3.63) is 42.1 Å². The van der Waals surface area contributed by atoms with Crippen molar-refractivity contribution in [2.75, 3.05) is 13.7 Å². The van der Waals surface area contributed by atoms with E-state index >= 15 is 0 Å². The van der Waals surface area contributed by atoms with Gasteiger partial charge in [-0.05, 0) is 36.7 Å². The summed E-state index contributed by atoms with van der Waals surface area (Å²) in [4.78, 5) is 4.38. The van der Waals surface area contributed by atoms with Crippen molar-refractivity contribution in [1.29, 1.82) is 0 Å². The van der Waals surface area contributed by atoms with E-state index in [1.165, 1.54) is 10.9 Å². The molecule has 2 aromatic rings. The monoisotopic (exact) mass is 272 g/mol. The molecule has 0 radical (unpaired) electrons. The second kappa shape index (κ2) is 7.36. The fourth-order valence-corrected chi connectivity index (χ4v) is 2.68. The summed E-state index contributed by atoms with van der Waals surface area (Å²) in [5, 5.41) is 4.73. The first kappa shape index (κ1) is 14.9. The maximum Gasteiger partial charge on any atom is 0.0765 e. The van der Waals surface area contributed by atoms with Crippen molar-refractivity contribution >= 4 is 10.9 Å². The number of rotatable bonds is 7. The molecule has 0 aliphatic heterocycles. The first-order valence-electron chi connectivity index (χ1n) is 7.41. The summed E-state index contributed by atoms with van der Waals surface area (Å²) in [6.07, 6.45) is 4.21. The van der Waals surface area contributed by atoms with Crippen LogP contribution in [0.3, 0.4) is 0 Å². The lowest BCUT2D eigenvalue weighted by Gasteiger charge is -2.27. The highest BCUT2D eigenvalue weighted by molar-refractivity contribution is 5.79. The van der Waals surface area contributed by atoms with Crippen LogP contribution in [-0.2, 0) is 4.74 Å². The molecule has 2 rings (SSSR count). The van der Waals surface area contributed by atoms with Gasteiger partial charge in [-0.2, -0.15) is 0 Å². The molecule has 108 valence electrons. The summed E-state index contributed by atoms with van der Waals surface area (Å²) in [5.41, 5.74) is 2.31. The van der Waals surface area contributed by atoms with Gasteiger partial charge in [0.15, 0.2) is 0 Å². The van der Waals surface area contributed by atoms with E-state index in [1.807, 2.05) is 12.3 Å². The third-order valence-electron chi connectivity index (χ3n) is 3.66. The number of hydrogen-bond donors (Lipinski definition) is 1. The quantitative estimate of drug-likeness (QED) is 0.834. The minimum Gasteiger partial charge on any atom is -0.379 e. The van der Waals surface area contributed by atoms with Crippen LogP contribution in [0.5, 0.6) is 0 Å². The lowest BCUT2D eigenvalue weighted by atomic mass is 9.96. The van der Waals surface area contributed by atoms with Crippen LogP contribution in [0.2, 0.25) is 0 Å². The molecule has 3 nitrogen and oxygen atoms in total. The van der Waals surface area contributed by atoms with Gasteiger partial charge in [-0.25, -0.2) is 0 Å². The number of pyridine rings is 1. The third kappa shape index (κ3) is 3.35. The maximum absolute atomic E-state index is 5.69. The molecule has 3 heteroatoms. The van der Waals surface area contributed by atoms with E-state index in [-0.39, 0.29) is 12.1 Å². The Kier molecular flexibility index (Phi) is 5.50.